The van der Waals surface area contributed by atoms with Crippen LogP contribution in [0.2, 0.25) is 5.02 Å². The van der Waals surface area contributed by atoms with Gasteiger partial charge in [0.15, 0.2) is 0 Å². The number of rotatable bonds is 8. The van der Waals surface area contributed by atoms with E-state index >= 15 is 0 Å². The average molecular weight is 497 g/mol. The van der Waals surface area contributed by atoms with Gasteiger partial charge in [-0.3, -0.25) is 4.90 Å². The van der Waals surface area contributed by atoms with Gasteiger partial charge < -0.3 is 15.4 Å². The SMILES string of the molecule is COc1c(C(C)N(C)c2ncnc(N)c2C(C)C)cc(Cl)c(C)c1C1CN(C2(CC#N)CCC2)C1. The molecule has 1 aliphatic carbocycles. The first-order valence-electron chi connectivity index (χ1n) is 12.5. The second-order valence-electron chi connectivity index (χ2n) is 10.5. The van der Waals surface area contributed by atoms with Gasteiger partial charge in [0.05, 0.1) is 25.6 Å². The van der Waals surface area contributed by atoms with Crippen molar-refractivity contribution in [3.05, 3.63) is 39.7 Å². The number of likely N-dealkylation sites (tertiary alicyclic amines) is 1. The van der Waals surface area contributed by atoms with Crippen molar-refractivity contribution in [2.45, 2.75) is 76.8 Å². The number of hydrogen-bond acceptors (Lipinski definition) is 7. The molecule has 2 heterocycles. The third kappa shape index (κ3) is 4.32. The second kappa shape index (κ2) is 9.83. The van der Waals surface area contributed by atoms with Crippen molar-refractivity contribution in [1.29, 1.82) is 5.26 Å². The predicted molar refractivity (Wildman–Crippen MR) is 141 cm³/mol. The number of aromatic nitrogens is 2. The van der Waals surface area contributed by atoms with E-state index < -0.39 is 0 Å². The van der Waals surface area contributed by atoms with Crippen molar-refractivity contribution in [2.75, 3.05) is 37.9 Å². The molecule has 0 amide bonds. The molecule has 1 aromatic carbocycles. The molecule has 1 atom stereocenters. The standard InChI is InChI=1S/C27H37ClN6O/c1-16(2)22-25(30)31-15-32-26(22)33(5)18(4)20-12-21(28)17(3)23(24(20)35-6)19-13-34(14-19)27(10-11-29)8-7-9-27/h12,15-16,18-19H,7-10,13-14H2,1-6H3,(H2,30,31,32). The van der Waals surface area contributed by atoms with Crippen molar-refractivity contribution >= 4 is 23.2 Å². The maximum atomic E-state index is 9.36. The summed E-state index contributed by atoms with van der Waals surface area (Å²) in [7, 11) is 3.77. The molecule has 1 saturated heterocycles. The smallest absolute Gasteiger partial charge is 0.137 e. The Kier molecular flexibility index (Phi) is 7.17. The van der Waals surface area contributed by atoms with Gasteiger partial charge in [-0.25, -0.2) is 9.97 Å². The highest BCUT2D eigenvalue weighted by atomic mass is 35.5. The van der Waals surface area contributed by atoms with Crippen LogP contribution in [-0.2, 0) is 0 Å². The molecule has 4 rings (SSSR count). The fraction of sp³-hybridized carbons (Fsp3) is 0.593. The maximum Gasteiger partial charge on any atom is 0.137 e. The fourth-order valence-electron chi connectivity index (χ4n) is 5.81. The number of anilines is 2. The number of nitrogen functional groups attached to an aromatic ring is 1. The minimum absolute atomic E-state index is 0.0543. The minimum Gasteiger partial charge on any atom is -0.496 e. The predicted octanol–water partition coefficient (Wildman–Crippen LogP) is 5.59. The van der Waals surface area contributed by atoms with E-state index in [1.54, 1.807) is 7.11 Å². The lowest BCUT2D eigenvalue weighted by Gasteiger charge is -2.56. The largest absolute Gasteiger partial charge is 0.496 e. The molecule has 2 aliphatic rings. The van der Waals surface area contributed by atoms with E-state index in [0.717, 1.165) is 59.2 Å². The number of nitrogens with zero attached hydrogens (tertiary/aromatic N) is 5. The highest BCUT2D eigenvalue weighted by Crippen LogP contribution is 2.50. The summed E-state index contributed by atoms with van der Waals surface area (Å²) >= 11 is 6.81. The Hall–Kier alpha value is -2.56. The van der Waals surface area contributed by atoms with Gasteiger partial charge >= 0.3 is 0 Å². The first kappa shape index (κ1) is 25.5. The first-order chi connectivity index (χ1) is 16.6. The van der Waals surface area contributed by atoms with E-state index in [2.05, 4.69) is 53.5 Å². The quantitative estimate of drug-likeness (QED) is 0.509. The molecule has 2 N–H and O–H groups in total. The fourth-order valence-corrected chi connectivity index (χ4v) is 6.03. The van der Waals surface area contributed by atoms with Crippen LogP contribution < -0.4 is 15.4 Å². The zero-order valence-corrected chi connectivity index (χ0v) is 22.5. The number of methoxy groups -OCH3 is 1. The Labute approximate surface area is 214 Å². The Morgan fingerprint density at radius 3 is 2.54 bits per heavy atom. The van der Waals surface area contributed by atoms with Crippen LogP contribution in [0.3, 0.4) is 0 Å². The molecule has 188 valence electrons. The van der Waals surface area contributed by atoms with Gasteiger partial charge in [-0.05, 0) is 50.7 Å². The van der Waals surface area contributed by atoms with Gasteiger partial charge in [-0.15, -0.1) is 0 Å². The van der Waals surface area contributed by atoms with Gasteiger partial charge in [0.2, 0.25) is 0 Å². The van der Waals surface area contributed by atoms with Crippen LogP contribution in [0.4, 0.5) is 11.6 Å². The molecule has 1 saturated carbocycles. The molecule has 0 spiro atoms. The third-order valence-corrected chi connectivity index (χ3v) is 8.64. The maximum absolute atomic E-state index is 9.36. The van der Waals surface area contributed by atoms with Crippen LogP contribution in [-0.4, -0.2) is 47.7 Å². The second-order valence-corrected chi connectivity index (χ2v) is 10.9. The van der Waals surface area contributed by atoms with Crippen LogP contribution >= 0.6 is 11.6 Å². The van der Waals surface area contributed by atoms with E-state index in [4.69, 9.17) is 22.1 Å². The van der Waals surface area contributed by atoms with Crippen molar-refractivity contribution < 1.29 is 4.74 Å². The van der Waals surface area contributed by atoms with E-state index in [1.165, 1.54) is 18.3 Å². The molecule has 35 heavy (non-hydrogen) atoms. The number of benzene rings is 1. The summed E-state index contributed by atoms with van der Waals surface area (Å²) in [5.41, 5.74) is 10.5. The van der Waals surface area contributed by atoms with Crippen molar-refractivity contribution in [3.63, 3.8) is 0 Å². The molecule has 1 aliphatic heterocycles. The Morgan fingerprint density at radius 2 is 2.00 bits per heavy atom. The number of nitrogens with two attached hydrogens (primary N) is 1. The Bertz CT molecular complexity index is 1130. The van der Waals surface area contributed by atoms with Crippen molar-refractivity contribution in [3.8, 4) is 11.8 Å². The minimum atomic E-state index is -0.0543. The lowest BCUT2D eigenvalue weighted by molar-refractivity contribution is -0.0386. The molecule has 1 aromatic heterocycles. The normalized spacial score (nSPS) is 18.5. The van der Waals surface area contributed by atoms with Crippen LogP contribution in [0.15, 0.2) is 12.4 Å². The van der Waals surface area contributed by atoms with Gasteiger partial charge in [-0.2, -0.15) is 5.26 Å². The first-order valence-corrected chi connectivity index (χ1v) is 12.8. The van der Waals surface area contributed by atoms with Gasteiger partial charge in [-0.1, -0.05) is 25.4 Å². The van der Waals surface area contributed by atoms with Crippen LogP contribution in [0.5, 0.6) is 5.75 Å². The Morgan fingerprint density at radius 1 is 1.31 bits per heavy atom. The summed E-state index contributed by atoms with van der Waals surface area (Å²) < 4.78 is 6.07. The number of ether oxygens (including phenoxy) is 1. The zero-order chi connectivity index (χ0) is 25.5. The number of nitriles is 1. The summed E-state index contributed by atoms with van der Waals surface area (Å²) in [5, 5.41) is 10.1. The topological polar surface area (TPSA) is 91.3 Å². The van der Waals surface area contributed by atoms with Crippen molar-refractivity contribution in [2.24, 2.45) is 0 Å². The monoisotopic (exact) mass is 496 g/mol. The highest BCUT2D eigenvalue weighted by molar-refractivity contribution is 6.31. The van der Waals surface area contributed by atoms with E-state index in [0.29, 0.717) is 18.2 Å². The Balaban J connectivity index is 1.68. The average Bonchev–Trinajstić information content (AvgIpc) is 2.77. The lowest BCUT2D eigenvalue weighted by atomic mass is 9.70. The highest BCUT2D eigenvalue weighted by Gasteiger charge is 2.48. The van der Waals surface area contributed by atoms with Crippen LogP contribution in [0.1, 0.15) is 86.6 Å². The van der Waals surface area contributed by atoms with Crippen molar-refractivity contribution in [1.82, 2.24) is 14.9 Å². The van der Waals surface area contributed by atoms with Crippen LogP contribution in [0, 0.1) is 18.3 Å². The molecule has 2 fully saturated rings. The summed E-state index contributed by atoms with van der Waals surface area (Å²) in [6.45, 7) is 10.3. The van der Waals surface area contributed by atoms with E-state index in [-0.39, 0.29) is 17.5 Å². The summed E-state index contributed by atoms with van der Waals surface area (Å²) in [4.78, 5) is 13.4. The third-order valence-electron chi connectivity index (χ3n) is 8.24. The van der Waals surface area contributed by atoms with Gasteiger partial charge in [0.1, 0.15) is 23.7 Å². The summed E-state index contributed by atoms with van der Waals surface area (Å²) in [5.74, 6) is 2.74. The number of halogens is 1. The lowest BCUT2D eigenvalue weighted by Crippen LogP contribution is -2.62. The summed E-state index contributed by atoms with van der Waals surface area (Å²) in [6, 6.07) is 4.39. The number of hydrogen-bond donors (Lipinski definition) is 1. The molecule has 1 unspecified atom stereocenters. The molecule has 2 aromatic rings. The molecule has 8 heteroatoms. The van der Waals surface area contributed by atoms with E-state index in [9.17, 15) is 5.26 Å². The molecule has 7 nitrogen and oxygen atoms in total. The molecular formula is C27H37ClN6O. The molecular weight excluding hydrogens is 460 g/mol. The molecule has 0 bridgehead atoms. The summed E-state index contributed by atoms with van der Waals surface area (Å²) in [6.07, 6.45) is 5.57. The molecule has 0 radical (unpaired) electrons. The van der Waals surface area contributed by atoms with Gasteiger partial charge in [0.25, 0.3) is 0 Å². The van der Waals surface area contributed by atoms with Crippen LogP contribution in [0.25, 0.3) is 0 Å². The zero-order valence-electron chi connectivity index (χ0n) is 21.7. The van der Waals surface area contributed by atoms with E-state index in [1.807, 2.05) is 13.1 Å². The van der Waals surface area contributed by atoms with Gasteiger partial charge in [0, 0.05) is 53.3 Å².